The molecule has 0 N–H and O–H groups in total. The summed E-state index contributed by atoms with van der Waals surface area (Å²) in [6, 6.07) is 2.97. The van der Waals surface area contributed by atoms with E-state index in [1.165, 1.54) is 26.5 Å². The maximum Gasteiger partial charge on any atom is 0.471 e. The van der Waals surface area contributed by atoms with Crippen molar-refractivity contribution in [3.63, 3.8) is 0 Å². The number of nitrogens with zero attached hydrogens (tertiary/aromatic N) is 4. The standard InChI is InChI=1S/C14H15F3N4O4/c1-8(23-2)12(22)21(24-3)7-9-4-5-10(18-6-9)11-19-13(25-20-11)14(15,16)17/h4-6,8H,7H2,1-3H3. The number of amides is 1. The van der Waals surface area contributed by atoms with Crippen LogP contribution in [-0.2, 0) is 27.1 Å². The Kier molecular flexibility index (Phi) is 5.69. The Morgan fingerprint density at radius 2 is 2.08 bits per heavy atom. The fourth-order valence-corrected chi connectivity index (χ4v) is 1.79. The molecule has 0 fully saturated rings. The molecule has 0 bridgehead atoms. The average molecular weight is 360 g/mol. The van der Waals surface area contributed by atoms with E-state index in [1.54, 1.807) is 13.0 Å². The minimum Gasteiger partial charge on any atom is -0.372 e. The van der Waals surface area contributed by atoms with E-state index in [0.29, 0.717) is 5.56 Å². The molecule has 0 saturated carbocycles. The number of halogens is 3. The van der Waals surface area contributed by atoms with Gasteiger partial charge >= 0.3 is 12.1 Å². The van der Waals surface area contributed by atoms with Crippen LogP contribution in [-0.4, -0.2) is 46.4 Å². The molecule has 11 heteroatoms. The van der Waals surface area contributed by atoms with Gasteiger partial charge in [-0.15, -0.1) is 0 Å². The number of hydrogen-bond acceptors (Lipinski definition) is 7. The van der Waals surface area contributed by atoms with Crippen LogP contribution in [0.4, 0.5) is 13.2 Å². The third-order valence-electron chi connectivity index (χ3n) is 3.22. The highest BCUT2D eigenvalue weighted by Crippen LogP contribution is 2.28. The molecule has 1 amide bonds. The van der Waals surface area contributed by atoms with Crippen LogP contribution in [0.2, 0.25) is 0 Å². The van der Waals surface area contributed by atoms with Gasteiger partial charge in [0.15, 0.2) is 0 Å². The van der Waals surface area contributed by atoms with Crippen LogP contribution in [0.5, 0.6) is 0 Å². The normalized spacial score (nSPS) is 12.9. The molecule has 0 spiro atoms. The largest absolute Gasteiger partial charge is 0.471 e. The smallest absolute Gasteiger partial charge is 0.372 e. The van der Waals surface area contributed by atoms with Crippen LogP contribution in [0, 0.1) is 0 Å². The molecule has 0 aromatic carbocycles. The second-order valence-electron chi connectivity index (χ2n) is 4.91. The summed E-state index contributed by atoms with van der Waals surface area (Å²) in [5, 5.41) is 4.33. The number of aromatic nitrogens is 3. The van der Waals surface area contributed by atoms with E-state index < -0.39 is 18.2 Å². The predicted molar refractivity (Wildman–Crippen MR) is 76.6 cm³/mol. The predicted octanol–water partition coefficient (Wildman–Crippen LogP) is 2.08. The third kappa shape index (κ3) is 4.51. The summed E-state index contributed by atoms with van der Waals surface area (Å²) in [6.07, 6.45) is -4.04. The average Bonchev–Trinajstić information content (AvgIpc) is 3.09. The fourth-order valence-electron chi connectivity index (χ4n) is 1.79. The topological polar surface area (TPSA) is 90.6 Å². The van der Waals surface area contributed by atoms with Crippen molar-refractivity contribution >= 4 is 5.91 Å². The first-order valence-corrected chi connectivity index (χ1v) is 7.00. The minimum atomic E-state index is -4.72. The maximum absolute atomic E-state index is 12.5. The fraction of sp³-hybridized carbons (Fsp3) is 0.429. The zero-order valence-electron chi connectivity index (χ0n) is 13.6. The Labute approximate surface area is 140 Å². The summed E-state index contributed by atoms with van der Waals surface area (Å²) in [6.45, 7) is 1.65. The molecule has 8 nitrogen and oxygen atoms in total. The van der Waals surface area contributed by atoms with Crippen molar-refractivity contribution in [2.75, 3.05) is 14.2 Å². The summed E-state index contributed by atoms with van der Waals surface area (Å²) in [5.41, 5.74) is 0.686. The van der Waals surface area contributed by atoms with Crippen molar-refractivity contribution < 1.29 is 32.1 Å². The van der Waals surface area contributed by atoms with Gasteiger partial charge in [0.2, 0.25) is 5.82 Å². The minimum absolute atomic E-state index is 0.0797. The first kappa shape index (κ1) is 18.8. The molecule has 136 valence electrons. The van der Waals surface area contributed by atoms with E-state index in [-0.39, 0.29) is 24.0 Å². The van der Waals surface area contributed by atoms with Crippen LogP contribution in [0.25, 0.3) is 11.5 Å². The van der Waals surface area contributed by atoms with Crippen LogP contribution in [0.3, 0.4) is 0 Å². The Morgan fingerprint density at radius 1 is 1.36 bits per heavy atom. The van der Waals surface area contributed by atoms with E-state index in [0.717, 1.165) is 5.06 Å². The van der Waals surface area contributed by atoms with E-state index in [9.17, 15) is 18.0 Å². The molecule has 25 heavy (non-hydrogen) atoms. The second kappa shape index (κ2) is 7.57. The van der Waals surface area contributed by atoms with Crippen molar-refractivity contribution in [1.29, 1.82) is 0 Å². The number of carbonyl (C=O) groups excluding carboxylic acids is 1. The lowest BCUT2D eigenvalue weighted by molar-refractivity contribution is -0.188. The summed E-state index contributed by atoms with van der Waals surface area (Å²) < 4.78 is 46.5. The van der Waals surface area contributed by atoms with Crippen molar-refractivity contribution in [3.05, 3.63) is 29.8 Å². The van der Waals surface area contributed by atoms with E-state index in [4.69, 9.17) is 9.57 Å². The molecule has 2 rings (SSSR count). The van der Waals surface area contributed by atoms with Gasteiger partial charge in [-0.05, 0) is 18.6 Å². The number of hydrogen-bond donors (Lipinski definition) is 0. The lowest BCUT2D eigenvalue weighted by Crippen LogP contribution is -2.37. The molecule has 1 atom stereocenters. The molecule has 2 heterocycles. The molecule has 0 aliphatic heterocycles. The van der Waals surface area contributed by atoms with Gasteiger partial charge < -0.3 is 9.26 Å². The number of rotatable bonds is 6. The van der Waals surface area contributed by atoms with Gasteiger partial charge in [-0.2, -0.15) is 18.2 Å². The lowest BCUT2D eigenvalue weighted by atomic mass is 10.2. The van der Waals surface area contributed by atoms with E-state index in [2.05, 4.69) is 19.6 Å². The van der Waals surface area contributed by atoms with Gasteiger partial charge in [0.25, 0.3) is 5.91 Å². The number of hydroxylamine groups is 2. The molecule has 2 aromatic rings. The number of ether oxygens (including phenoxy) is 1. The van der Waals surface area contributed by atoms with Crippen molar-refractivity contribution in [2.45, 2.75) is 25.7 Å². The number of carbonyl (C=O) groups is 1. The van der Waals surface area contributed by atoms with Gasteiger partial charge in [-0.1, -0.05) is 11.2 Å². The molecule has 0 aliphatic carbocycles. The highest BCUT2D eigenvalue weighted by molar-refractivity contribution is 5.79. The van der Waals surface area contributed by atoms with Gasteiger partial charge in [-0.3, -0.25) is 14.6 Å². The van der Waals surface area contributed by atoms with Crippen LogP contribution in [0.1, 0.15) is 18.4 Å². The molecular weight excluding hydrogens is 345 g/mol. The molecule has 0 radical (unpaired) electrons. The van der Waals surface area contributed by atoms with Gasteiger partial charge in [0.05, 0.1) is 13.7 Å². The molecule has 1 unspecified atom stereocenters. The second-order valence-corrected chi connectivity index (χ2v) is 4.91. The first-order valence-electron chi connectivity index (χ1n) is 7.00. The van der Waals surface area contributed by atoms with Gasteiger partial charge in [-0.25, -0.2) is 5.06 Å². The summed E-state index contributed by atoms with van der Waals surface area (Å²) in [4.78, 5) is 24.2. The zero-order chi connectivity index (χ0) is 18.6. The van der Waals surface area contributed by atoms with E-state index in [1.807, 2.05) is 0 Å². The number of pyridine rings is 1. The van der Waals surface area contributed by atoms with Crippen LogP contribution < -0.4 is 0 Å². The molecule has 0 aliphatic rings. The van der Waals surface area contributed by atoms with Gasteiger partial charge in [0.1, 0.15) is 11.8 Å². The summed E-state index contributed by atoms with van der Waals surface area (Å²) in [5.74, 6) is -2.12. The quantitative estimate of drug-likeness (QED) is 0.729. The zero-order valence-corrected chi connectivity index (χ0v) is 13.6. The molecule has 0 saturated heterocycles. The third-order valence-corrected chi connectivity index (χ3v) is 3.22. The Balaban J connectivity index is 2.11. The highest BCUT2D eigenvalue weighted by atomic mass is 19.4. The summed E-state index contributed by atoms with van der Waals surface area (Å²) in [7, 11) is 2.73. The van der Waals surface area contributed by atoms with Crippen molar-refractivity contribution in [1.82, 2.24) is 20.2 Å². The van der Waals surface area contributed by atoms with Gasteiger partial charge in [0, 0.05) is 13.3 Å². The van der Waals surface area contributed by atoms with Crippen molar-refractivity contribution in [3.8, 4) is 11.5 Å². The Hall–Kier alpha value is -2.53. The van der Waals surface area contributed by atoms with Crippen molar-refractivity contribution in [2.24, 2.45) is 0 Å². The van der Waals surface area contributed by atoms with Crippen LogP contribution >= 0.6 is 0 Å². The monoisotopic (exact) mass is 360 g/mol. The first-order chi connectivity index (χ1) is 11.8. The molecular formula is C14H15F3N4O4. The Bertz CT molecular complexity index is 718. The van der Waals surface area contributed by atoms with Crippen LogP contribution in [0.15, 0.2) is 22.9 Å². The number of alkyl halides is 3. The summed E-state index contributed by atoms with van der Waals surface area (Å²) >= 11 is 0. The lowest BCUT2D eigenvalue weighted by Gasteiger charge is -2.22. The van der Waals surface area contributed by atoms with E-state index >= 15 is 0 Å². The molecule has 2 aromatic heterocycles. The SMILES string of the molecule is COC(C)C(=O)N(Cc1ccc(-c2noc(C(F)(F)F)n2)nc1)OC. The number of methoxy groups -OCH3 is 1. The highest BCUT2D eigenvalue weighted by Gasteiger charge is 2.38. The Morgan fingerprint density at radius 3 is 2.56 bits per heavy atom. The maximum atomic E-state index is 12.5.